The monoisotopic (exact) mass is 294 g/mol. The molecule has 0 aliphatic rings. The van der Waals surface area contributed by atoms with E-state index in [4.69, 9.17) is 4.42 Å². The third kappa shape index (κ3) is 3.98. The lowest BCUT2D eigenvalue weighted by molar-refractivity contribution is 0.466. The van der Waals surface area contributed by atoms with E-state index in [1.807, 2.05) is 31.3 Å². The summed E-state index contributed by atoms with van der Waals surface area (Å²) < 4.78 is 6.17. The van der Waals surface area contributed by atoms with Crippen molar-refractivity contribution in [1.82, 2.24) is 10.3 Å². The molecule has 2 aromatic heterocycles. The minimum absolute atomic E-state index is 0.755. The molecule has 0 fully saturated rings. The zero-order valence-electron chi connectivity index (χ0n) is 9.74. The van der Waals surface area contributed by atoms with Gasteiger partial charge in [-0.25, -0.2) is 0 Å². The van der Waals surface area contributed by atoms with Crippen molar-refractivity contribution in [2.24, 2.45) is 0 Å². The Morgan fingerprint density at radius 2 is 2.18 bits per heavy atom. The number of hydrogen-bond donors (Lipinski definition) is 1. The Kier molecular flexibility index (Phi) is 4.34. The van der Waals surface area contributed by atoms with Crippen LogP contribution in [0, 0.1) is 6.92 Å². The molecule has 0 radical (unpaired) electrons. The van der Waals surface area contributed by atoms with Crippen molar-refractivity contribution >= 4 is 15.9 Å². The lowest BCUT2D eigenvalue weighted by atomic mass is 10.2. The lowest BCUT2D eigenvalue weighted by Gasteiger charge is -2.03. The fraction of sp³-hybridized carbons (Fsp3) is 0.308. The Balaban J connectivity index is 1.71. The molecule has 0 aromatic carbocycles. The Morgan fingerprint density at radius 1 is 1.29 bits per heavy atom. The number of hydrogen-bond acceptors (Lipinski definition) is 3. The molecule has 0 aliphatic carbocycles. The highest BCUT2D eigenvalue weighted by atomic mass is 79.9. The third-order valence-electron chi connectivity index (χ3n) is 2.49. The van der Waals surface area contributed by atoms with E-state index in [1.165, 1.54) is 5.56 Å². The van der Waals surface area contributed by atoms with Crippen molar-refractivity contribution in [1.29, 1.82) is 0 Å². The SMILES string of the molecule is Cc1ccc(CCNCc2ccc(Br)o2)cn1. The molecule has 1 N–H and O–H groups in total. The molecular formula is C13H15BrN2O. The van der Waals surface area contributed by atoms with Crippen LogP contribution in [0.3, 0.4) is 0 Å². The highest BCUT2D eigenvalue weighted by molar-refractivity contribution is 9.10. The van der Waals surface area contributed by atoms with Gasteiger partial charge in [0.1, 0.15) is 5.76 Å². The van der Waals surface area contributed by atoms with Crippen molar-refractivity contribution in [3.63, 3.8) is 0 Å². The summed E-state index contributed by atoms with van der Waals surface area (Å²) in [6, 6.07) is 8.03. The minimum atomic E-state index is 0.755. The first-order valence-electron chi connectivity index (χ1n) is 5.60. The fourth-order valence-electron chi connectivity index (χ4n) is 1.54. The van der Waals surface area contributed by atoms with Crippen LogP contribution in [0.1, 0.15) is 17.0 Å². The number of pyridine rings is 1. The maximum Gasteiger partial charge on any atom is 0.169 e. The first-order valence-corrected chi connectivity index (χ1v) is 6.40. The molecule has 2 aromatic rings. The summed E-state index contributed by atoms with van der Waals surface area (Å²) in [4.78, 5) is 4.27. The summed E-state index contributed by atoms with van der Waals surface area (Å²) >= 11 is 3.28. The highest BCUT2D eigenvalue weighted by Crippen LogP contribution is 2.13. The maximum absolute atomic E-state index is 5.39. The van der Waals surface area contributed by atoms with E-state index < -0.39 is 0 Å². The molecule has 2 rings (SSSR count). The van der Waals surface area contributed by atoms with Crippen LogP contribution < -0.4 is 5.32 Å². The van der Waals surface area contributed by atoms with Gasteiger partial charge in [0, 0.05) is 11.9 Å². The molecule has 4 heteroatoms. The molecule has 0 atom stereocenters. The third-order valence-corrected chi connectivity index (χ3v) is 2.92. The molecular weight excluding hydrogens is 280 g/mol. The van der Waals surface area contributed by atoms with E-state index >= 15 is 0 Å². The van der Waals surface area contributed by atoms with E-state index in [9.17, 15) is 0 Å². The number of rotatable bonds is 5. The van der Waals surface area contributed by atoms with Gasteiger partial charge >= 0.3 is 0 Å². The van der Waals surface area contributed by atoms with Gasteiger partial charge in [-0.15, -0.1) is 0 Å². The number of nitrogens with one attached hydrogen (secondary N) is 1. The van der Waals surface area contributed by atoms with Crippen LogP contribution in [0.25, 0.3) is 0 Å². The van der Waals surface area contributed by atoms with E-state index in [0.29, 0.717) is 0 Å². The molecule has 90 valence electrons. The lowest BCUT2D eigenvalue weighted by Crippen LogP contribution is -2.16. The second-order valence-corrected chi connectivity index (χ2v) is 4.72. The Bertz CT molecular complexity index is 465. The van der Waals surface area contributed by atoms with Crippen molar-refractivity contribution in [2.45, 2.75) is 19.9 Å². The average Bonchev–Trinajstić information content (AvgIpc) is 2.73. The van der Waals surface area contributed by atoms with Gasteiger partial charge in [-0.05, 0) is 59.6 Å². The minimum Gasteiger partial charge on any atom is -0.453 e. The van der Waals surface area contributed by atoms with Crippen LogP contribution >= 0.6 is 15.9 Å². The normalized spacial score (nSPS) is 10.7. The average molecular weight is 295 g/mol. The molecule has 17 heavy (non-hydrogen) atoms. The number of aryl methyl sites for hydroxylation is 1. The standard InChI is InChI=1S/C13H15BrN2O/c1-10-2-3-11(8-16-10)6-7-15-9-12-4-5-13(14)17-12/h2-5,8,15H,6-7,9H2,1H3. The first-order chi connectivity index (χ1) is 8.24. The summed E-state index contributed by atoms with van der Waals surface area (Å²) in [5, 5.41) is 3.34. The van der Waals surface area contributed by atoms with Gasteiger partial charge in [-0.2, -0.15) is 0 Å². The van der Waals surface area contributed by atoms with Gasteiger partial charge in [-0.1, -0.05) is 6.07 Å². The number of nitrogens with zero attached hydrogens (tertiary/aromatic N) is 1. The predicted octanol–water partition coefficient (Wildman–Crippen LogP) is 3.08. The van der Waals surface area contributed by atoms with Crippen LogP contribution in [0.2, 0.25) is 0 Å². The van der Waals surface area contributed by atoms with E-state index in [-0.39, 0.29) is 0 Å². The van der Waals surface area contributed by atoms with E-state index in [2.05, 4.69) is 32.3 Å². The topological polar surface area (TPSA) is 38.1 Å². The molecule has 0 unspecified atom stereocenters. The highest BCUT2D eigenvalue weighted by Gasteiger charge is 1.99. The van der Waals surface area contributed by atoms with Crippen molar-refractivity contribution in [2.75, 3.05) is 6.54 Å². The van der Waals surface area contributed by atoms with Gasteiger partial charge in [0.25, 0.3) is 0 Å². The van der Waals surface area contributed by atoms with E-state index in [1.54, 1.807) is 0 Å². The Hall–Kier alpha value is -1.13. The van der Waals surface area contributed by atoms with Crippen LogP contribution in [0.4, 0.5) is 0 Å². The summed E-state index contributed by atoms with van der Waals surface area (Å²) in [5.41, 5.74) is 2.31. The van der Waals surface area contributed by atoms with Crippen LogP contribution in [0.15, 0.2) is 39.5 Å². The van der Waals surface area contributed by atoms with Crippen LogP contribution in [0.5, 0.6) is 0 Å². The molecule has 0 amide bonds. The number of aromatic nitrogens is 1. The molecule has 0 aliphatic heterocycles. The second kappa shape index (κ2) is 5.98. The van der Waals surface area contributed by atoms with Crippen LogP contribution in [-0.4, -0.2) is 11.5 Å². The molecule has 3 nitrogen and oxygen atoms in total. The van der Waals surface area contributed by atoms with Gasteiger partial charge in [-0.3, -0.25) is 4.98 Å². The smallest absolute Gasteiger partial charge is 0.169 e. The largest absolute Gasteiger partial charge is 0.453 e. The molecule has 0 spiro atoms. The van der Waals surface area contributed by atoms with Crippen LogP contribution in [-0.2, 0) is 13.0 Å². The maximum atomic E-state index is 5.39. The first kappa shape index (κ1) is 12.3. The van der Waals surface area contributed by atoms with Gasteiger partial charge in [0.2, 0.25) is 0 Å². The van der Waals surface area contributed by atoms with Gasteiger partial charge in [0.05, 0.1) is 6.54 Å². The fourth-order valence-corrected chi connectivity index (χ4v) is 1.88. The molecule has 0 saturated carbocycles. The summed E-state index contributed by atoms with van der Waals surface area (Å²) in [6.07, 6.45) is 2.91. The van der Waals surface area contributed by atoms with Crippen molar-refractivity contribution in [3.8, 4) is 0 Å². The zero-order chi connectivity index (χ0) is 12.1. The molecule has 2 heterocycles. The zero-order valence-corrected chi connectivity index (χ0v) is 11.3. The number of halogens is 1. The molecule has 0 bridgehead atoms. The Morgan fingerprint density at radius 3 is 2.82 bits per heavy atom. The summed E-state index contributed by atoms with van der Waals surface area (Å²) in [6.45, 7) is 3.67. The quantitative estimate of drug-likeness (QED) is 0.861. The van der Waals surface area contributed by atoms with Crippen molar-refractivity contribution < 1.29 is 4.42 Å². The summed E-state index contributed by atoms with van der Waals surface area (Å²) in [7, 11) is 0. The predicted molar refractivity (Wildman–Crippen MR) is 70.8 cm³/mol. The Labute approximate surface area is 109 Å². The van der Waals surface area contributed by atoms with Gasteiger partial charge < -0.3 is 9.73 Å². The summed E-state index contributed by atoms with van der Waals surface area (Å²) in [5.74, 6) is 0.943. The van der Waals surface area contributed by atoms with Gasteiger partial charge in [0.15, 0.2) is 4.67 Å². The second-order valence-electron chi connectivity index (χ2n) is 3.94. The molecule has 0 saturated heterocycles. The van der Waals surface area contributed by atoms with Crippen molar-refractivity contribution in [3.05, 3.63) is 52.1 Å². The van der Waals surface area contributed by atoms with E-state index in [0.717, 1.165) is 35.6 Å². The number of furan rings is 1.